The van der Waals surface area contributed by atoms with Crippen molar-refractivity contribution in [3.8, 4) is 0 Å². The van der Waals surface area contributed by atoms with Crippen molar-refractivity contribution in [1.29, 1.82) is 0 Å². The third-order valence-corrected chi connectivity index (χ3v) is 5.32. The minimum absolute atomic E-state index is 0.102. The first-order valence-corrected chi connectivity index (χ1v) is 8.04. The zero-order valence-corrected chi connectivity index (χ0v) is 12.9. The molecule has 0 fully saturated rings. The van der Waals surface area contributed by atoms with Crippen LogP contribution in [0.25, 0.3) is 0 Å². The number of hydrogen-bond donors (Lipinski definition) is 2. The Kier molecular flexibility index (Phi) is 3.83. The maximum Gasteiger partial charge on any atom is 0.262 e. The largest absolute Gasteiger partial charge is 0.394 e. The van der Waals surface area contributed by atoms with E-state index < -0.39 is 5.54 Å². The van der Waals surface area contributed by atoms with Gasteiger partial charge in [-0.1, -0.05) is 30.3 Å². The number of rotatable bonds is 4. The summed E-state index contributed by atoms with van der Waals surface area (Å²) in [5.74, 6) is -0.102. The lowest BCUT2D eigenvalue weighted by molar-refractivity contribution is 0.0853. The van der Waals surface area contributed by atoms with E-state index in [1.165, 1.54) is 16.9 Å². The van der Waals surface area contributed by atoms with Gasteiger partial charge in [-0.15, -0.1) is 11.3 Å². The lowest BCUT2D eigenvalue weighted by Gasteiger charge is -2.29. The number of carbonyl (C=O) groups excluding carboxylic acids is 1. The molecule has 4 heteroatoms. The lowest BCUT2D eigenvalue weighted by atomic mass is 9.93. The number of benzene rings is 1. The second-order valence-electron chi connectivity index (χ2n) is 5.72. The summed E-state index contributed by atoms with van der Waals surface area (Å²) >= 11 is 1.58. The van der Waals surface area contributed by atoms with Crippen molar-refractivity contribution >= 4 is 17.2 Å². The Labute approximate surface area is 128 Å². The van der Waals surface area contributed by atoms with Gasteiger partial charge >= 0.3 is 0 Å². The molecule has 1 amide bonds. The summed E-state index contributed by atoms with van der Waals surface area (Å²) in [5.41, 5.74) is 1.47. The quantitative estimate of drug-likeness (QED) is 0.912. The highest BCUT2D eigenvalue weighted by Gasteiger charge is 2.29. The van der Waals surface area contributed by atoms with Crippen molar-refractivity contribution in [2.45, 2.75) is 31.7 Å². The van der Waals surface area contributed by atoms with Gasteiger partial charge in [-0.05, 0) is 43.4 Å². The Morgan fingerprint density at radius 1 is 1.33 bits per heavy atom. The van der Waals surface area contributed by atoms with E-state index in [4.69, 9.17) is 0 Å². The number of aliphatic hydroxyl groups is 1. The van der Waals surface area contributed by atoms with Crippen molar-refractivity contribution in [3.63, 3.8) is 0 Å². The fourth-order valence-corrected chi connectivity index (χ4v) is 3.91. The van der Waals surface area contributed by atoms with Gasteiger partial charge in [0, 0.05) is 4.88 Å². The highest BCUT2D eigenvalue weighted by molar-refractivity contribution is 7.14. The third kappa shape index (κ3) is 2.74. The molecule has 1 aliphatic carbocycles. The first kappa shape index (κ1) is 14.3. The maximum atomic E-state index is 12.5. The highest BCUT2D eigenvalue weighted by atomic mass is 32.1. The van der Waals surface area contributed by atoms with Crippen LogP contribution in [0, 0.1) is 0 Å². The van der Waals surface area contributed by atoms with E-state index in [-0.39, 0.29) is 12.5 Å². The van der Waals surface area contributed by atoms with Gasteiger partial charge in [0.05, 0.1) is 17.0 Å². The Balaban J connectivity index is 1.81. The molecule has 2 aromatic rings. The number of hydrogen-bond acceptors (Lipinski definition) is 3. The SMILES string of the molecule is CC(CO)(NC(=O)c1cc2c(s1)CCC2)c1ccccc1. The molecule has 0 radical (unpaired) electrons. The van der Waals surface area contributed by atoms with E-state index >= 15 is 0 Å². The Morgan fingerprint density at radius 3 is 2.76 bits per heavy atom. The van der Waals surface area contributed by atoms with Crippen molar-refractivity contribution in [2.24, 2.45) is 0 Å². The fourth-order valence-electron chi connectivity index (χ4n) is 2.76. The molecule has 3 rings (SSSR count). The Morgan fingerprint density at radius 2 is 2.10 bits per heavy atom. The minimum atomic E-state index is -0.757. The monoisotopic (exact) mass is 301 g/mol. The molecule has 1 heterocycles. The molecule has 0 aliphatic heterocycles. The van der Waals surface area contributed by atoms with Crippen LogP contribution in [0.3, 0.4) is 0 Å². The van der Waals surface area contributed by atoms with Gasteiger partial charge in [0.1, 0.15) is 0 Å². The second-order valence-corrected chi connectivity index (χ2v) is 6.86. The number of nitrogens with one attached hydrogen (secondary N) is 1. The maximum absolute atomic E-state index is 12.5. The molecule has 0 spiro atoms. The van der Waals surface area contributed by atoms with Crippen LogP contribution in [0.1, 0.15) is 39.0 Å². The summed E-state index contributed by atoms with van der Waals surface area (Å²) in [7, 11) is 0. The fraction of sp³-hybridized carbons (Fsp3) is 0.353. The topological polar surface area (TPSA) is 49.3 Å². The van der Waals surface area contributed by atoms with Gasteiger partial charge in [-0.2, -0.15) is 0 Å². The number of carbonyl (C=O) groups is 1. The van der Waals surface area contributed by atoms with Crippen LogP contribution in [-0.4, -0.2) is 17.6 Å². The molecule has 1 aromatic carbocycles. The third-order valence-electron chi connectivity index (χ3n) is 4.09. The summed E-state index contributed by atoms with van der Waals surface area (Å²) in [5, 5.41) is 12.7. The normalized spacial score (nSPS) is 16.3. The number of aliphatic hydroxyl groups excluding tert-OH is 1. The predicted molar refractivity (Wildman–Crippen MR) is 84.7 cm³/mol. The zero-order valence-electron chi connectivity index (χ0n) is 12.1. The van der Waals surface area contributed by atoms with Gasteiger partial charge in [0.15, 0.2) is 0 Å². The van der Waals surface area contributed by atoms with Crippen LogP contribution >= 0.6 is 11.3 Å². The van der Waals surface area contributed by atoms with Crippen LogP contribution in [0.5, 0.6) is 0 Å². The molecule has 3 nitrogen and oxygen atoms in total. The van der Waals surface area contributed by atoms with Crippen LogP contribution in [-0.2, 0) is 18.4 Å². The van der Waals surface area contributed by atoms with Crippen LogP contribution < -0.4 is 5.32 Å². The minimum Gasteiger partial charge on any atom is -0.394 e. The molecule has 0 saturated carbocycles. The summed E-state index contributed by atoms with van der Waals surface area (Å²) in [6.07, 6.45) is 3.36. The molecular weight excluding hydrogens is 282 g/mol. The number of amides is 1. The molecule has 1 aliphatic rings. The molecule has 2 N–H and O–H groups in total. The van der Waals surface area contributed by atoms with Crippen molar-refractivity contribution in [3.05, 3.63) is 57.3 Å². The first-order valence-electron chi connectivity index (χ1n) is 7.23. The number of fused-ring (bicyclic) bond motifs is 1. The lowest BCUT2D eigenvalue weighted by Crippen LogP contribution is -2.46. The number of aryl methyl sites for hydroxylation is 2. The highest BCUT2D eigenvalue weighted by Crippen LogP contribution is 2.31. The zero-order chi connectivity index (χ0) is 14.9. The molecular formula is C17H19NO2S. The molecule has 1 unspecified atom stereocenters. The number of thiophene rings is 1. The van der Waals surface area contributed by atoms with Crippen molar-refractivity contribution < 1.29 is 9.90 Å². The van der Waals surface area contributed by atoms with Gasteiger partial charge in [0.25, 0.3) is 5.91 Å². The van der Waals surface area contributed by atoms with E-state index in [9.17, 15) is 9.90 Å². The van der Waals surface area contributed by atoms with Gasteiger partial charge in [-0.3, -0.25) is 4.79 Å². The average molecular weight is 301 g/mol. The van der Waals surface area contributed by atoms with E-state index in [1.54, 1.807) is 11.3 Å². The molecule has 0 saturated heterocycles. The van der Waals surface area contributed by atoms with E-state index in [0.717, 1.165) is 23.3 Å². The van der Waals surface area contributed by atoms with Crippen molar-refractivity contribution in [2.75, 3.05) is 6.61 Å². The standard InChI is InChI=1S/C17H19NO2S/c1-17(11-19,13-7-3-2-4-8-13)18-16(20)15-10-12-6-5-9-14(12)21-15/h2-4,7-8,10,19H,5-6,9,11H2,1H3,(H,18,20). The Bertz CT molecular complexity index is 629. The summed E-state index contributed by atoms with van der Waals surface area (Å²) in [6, 6.07) is 11.6. The summed E-state index contributed by atoms with van der Waals surface area (Å²) < 4.78 is 0. The Hall–Kier alpha value is -1.65. The first-order chi connectivity index (χ1) is 10.1. The summed E-state index contributed by atoms with van der Waals surface area (Å²) in [6.45, 7) is 1.72. The smallest absolute Gasteiger partial charge is 0.262 e. The van der Waals surface area contributed by atoms with Crippen LogP contribution in [0.15, 0.2) is 36.4 Å². The average Bonchev–Trinajstić information content (AvgIpc) is 3.09. The van der Waals surface area contributed by atoms with E-state index in [1.807, 2.05) is 43.3 Å². The van der Waals surface area contributed by atoms with Crippen LogP contribution in [0.2, 0.25) is 0 Å². The molecule has 110 valence electrons. The molecule has 1 aromatic heterocycles. The molecule has 21 heavy (non-hydrogen) atoms. The van der Waals surface area contributed by atoms with Gasteiger partial charge < -0.3 is 10.4 Å². The van der Waals surface area contributed by atoms with Crippen molar-refractivity contribution in [1.82, 2.24) is 5.32 Å². The van der Waals surface area contributed by atoms with Gasteiger partial charge in [0.2, 0.25) is 0 Å². The molecule has 0 bridgehead atoms. The predicted octanol–water partition coefficient (Wildman–Crippen LogP) is 2.87. The van der Waals surface area contributed by atoms with E-state index in [2.05, 4.69) is 5.32 Å². The summed E-state index contributed by atoms with van der Waals surface area (Å²) in [4.78, 5) is 14.6. The second kappa shape index (κ2) is 5.62. The molecule has 1 atom stereocenters. The van der Waals surface area contributed by atoms with Gasteiger partial charge in [-0.25, -0.2) is 0 Å². The van der Waals surface area contributed by atoms with E-state index in [0.29, 0.717) is 0 Å². The van der Waals surface area contributed by atoms with Crippen LogP contribution in [0.4, 0.5) is 0 Å².